The minimum Gasteiger partial charge on any atom is -0.481 e. The highest BCUT2D eigenvalue weighted by Gasteiger charge is 2.46. The zero-order chi connectivity index (χ0) is 36.1. The predicted molar refractivity (Wildman–Crippen MR) is 192 cm³/mol. The van der Waals surface area contributed by atoms with Crippen molar-refractivity contribution in [3.63, 3.8) is 0 Å². The smallest absolute Gasteiger partial charge is 0.422 e. The molecule has 2 aliphatic heterocycles. The quantitative estimate of drug-likeness (QED) is 0.188. The van der Waals surface area contributed by atoms with Crippen LogP contribution in [0.2, 0.25) is 0 Å². The van der Waals surface area contributed by atoms with Gasteiger partial charge in [0.1, 0.15) is 17.4 Å². The number of amides is 1. The summed E-state index contributed by atoms with van der Waals surface area (Å²) in [5.74, 6) is 0.508. The van der Waals surface area contributed by atoms with Crippen molar-refractivity contribution in [3.8, 4) is 22.9 Å². The number of likely N-dealkylation sites (tertiary alicyclic amines) is 1. The number of aromatic nitrogens is 4. The van der Waals surface area contributed by atoms with E-state index in [1.54, 1.807) is 12.3 Å². The maximum Gasteiger partial charge on any atom is 0.422 e. The van der Waals surface area contributed by atoms with Crippen LogP contribution in [0.4, 0.5) is 19.0 Å². The number of ether oxygens (including phenoxy) is 2. The summed E-state index contributed by atoms with van der Waals surface area (Å²) in [5, 5.41) is 8.49. The van der Waals surface area contributed by atoms with Gasteiger partial charge in [-0.15, -0.1) is 0 Å². The van der Waals surface area contributed by atoms with Crippen molar-refractivity contribution in [2.24, 2.45) is 5.41 Å². The number of carbonyl (C=O) groups is 1. The van der Waals surface area contributed by atoms with Gasteiger partial charge in [-0.1, -0.05) is 25.3 Å². The van der Waals surface area contributed by atoms with E-state index in [1.807, 2.05) is 30.0 Å². The molecule has 1 N–H and O–H groups in total. The zero-order valence-electron chi connectivity index (χ0n) is 29.4. The molecule has 1 spiro atoms. The lowest BCUT2D eigenvalue weighted by atomic mass is 9.72. The summed E-state index contributed by atoms with van der Waals surface area (Å²) >= 11 is 0. The molecule has 4 heterocycles. The molecule has 1 amide bonds. The molecule has 2 aromatic heterocycles. The SMILES string of the molecule is C=CC(=O)N1CC2(CCN(c3nc(OC4CCC(N(C)C)CC4)nc4c(OCC(F)(F)F)c(-c5c(C)ccc6[nH]ncc56)c(C=C)cc34)CC2)C1. The number of H-pyrrole nitrogens is 1. The highest BCUT2D eigenvalue weighted by atomic mass is 19.4. The Kier molecular flexibility index (Phi) is 9.19. The van der Waals surface area contributed by atoms with Crippen LogP contribution in [0.5, 0.6) is 11.8 Å². The second-order valence-corrected chi connectivity index (χ2v) is 14.5. The normalized spacial score (nSPS) is 20.5. The number of fused-ring (bicyclic) bond motifs is 2. The van der Waals surface area contributed by atoms with Gasteiger partial charge in [0.25, 0.3) is 0 Å². The van der Waals surface area contributed by atoms with Crippen molar-refractivity contribution in [2.45, 2.75) is 63.8 Å². The molecule has 51 heavy (non-hydrogen) atoms. The maximum atomic E-state index is 13.9. The Morgan fingerprint density at radius 3 is 2.45 bits per heavy atom. The molecule has 3 aliphatic rings. The summed E-state index contributed by atoms with van der Waals surface area (Å²) in [4.78, 5) is 28.2. The lowest BCUT2D eigenvalue weighted by molar-refractivity contribution is -0.153. The molecule has 0 unspecified atom stereocenters. The van der Waals surface area contributed by atoms with Gasteiger partial charge < -0.3 is 24.2 Å². The average Bonchev–Trinajstić information content (AvgIpc) is 3.58. The third kappa shape index (κ3) is 6.75. The molecule has 0 radical (unpaired) electrons. The molecule has 4 aromatic rings. The van der Waals surface area contributed by atoms with E-state index < -0.39 is 12.8 Å². The fourth-order valence-corrected chi connectivity index (χ4v) is 8.07. The summed E-state index contributed by atoms with van der Waals surface area (Å²) < 4.78 is 54.1. The highest BCUT2D eigenvalue weighted by molar-refractivity contribution is 6.07. The van der Waals surface area contributed by atoms with Crippen molar-refractivity contribution in [1.82, 2.24) is 30.0 Å². The number of rotatable bonds is 9. The first-order valence-electron chi connectivity index (χ1n) is 17.5. The molecule has 2 aromatic carbocycles. The van der Waals surface area contributed by atoms with Crippen LogP contribution in [-0.2, 0) is 4.79 Å². The van der Waals surface area contributed by atoms with E-state index in [0.29, 0.717) is 60.1 Å². The fourth-order valence-electron chi connectivity index (χ4n) is 8.07. The first-order chi connectivity index (χ1) is 24.4. The Morgan fingerprint density at radius 2 is 1.80 bits per heavy atom. The monoisotopic (exact) mass is 703 g/mol. The number of hydrogen-bond donors (Lipinski definition) is 1. The number of carbonyl (C=O) groups excluding carboxylic acids is 1. The van der Waals surface area contributed by atoms with E-state index in [4.69, 9.17) is 19.4 Å². The van der Waals surface area contributed by atoms with Crippen LogP contribution in [0.15, 0.2) is 43.6 Å². The average molecular weight is 704 g/mol. The molecule has 0 bridgehead atoms. The van der Waals surface area contributed by atoms with Crippen molar-refractivity contribution in [3.05, 3.63) is 54.8 Å². The summed E-state index contributed by atoms with van der Waals surface area (Å²) in [5.41, 5.74) is 3.55. The number of nitrogens with one attached hydrogen (secondary N) is 1. The number of nitrogens with zero attached hydrogens (tertiary/aromatic N) is 6. The molecule has 2 saturated heterocycles. The van der Waals surface area contributed by atoms with E-state index in [9.17, 15) is 18.0 Å². The third-order valence-electron chi connectivity index (χ3n) is 10.9. The summed E-state index contributed by atoms with van der Waals surface area (Å²) in [6.07, 6.45) is 5.11. The van der Waals surface area contributed by atoms with Crippen LogP contribution in [0.25, 0.3) is 39.0 Å². The van der Waals surface area contributed by atoms with Gasteiger partial charge in [0, 0.05) is 54.0 Å². The number of aryl methyl sites for hydroxylation is 1. The van der Waals surface area contributed by atoms with E-state index in [0.717, 1.165) is 55.0 Å². The second kappa shape index (κ2) is 13.5. The molecular weight excluding hydrogens is 659 g/mol. The summed E-state index contributed by atoms with van der Waals surface area (Å²) in [6.45, 7) is 10.7. The van der Waals surface area contributed by atoms with Crippen molar-refractivity contribution < 1.29 is 27.4 Å². The van der Waals surface area contributed by atoms with E-state index in [-0.39, 0.29) is 34.7 Å². The minimum absolute atomic E-state index is 0.00704. The number of aromatic amines is 1. The summed E-state index contributed by atoms with van der Waals surface area (Å²) in [7, 11) is 4.16. The fraction of sp³-hybridized carbons (Fsp3) is 0.474. The molecule has 13 heteroatoms. The van der Waals surface area contributed by atoms with Crippen LogP contribution >= 0.6 is 0 Å². The molecule has 7 rings (SSSR count). The lowest BCUT2D eigenvalue weighted by Gasteiger charge is -2.54. The van der Waals surface area contributed by atoms with Crippen LogP contribution in [0.3, 0.4) is 0 Å². The van der Waals surface area contributed by atoms with E-state index in [1.165, 1.54) is 6.08 Å². The Hall–Kier alpha value is -4.65. The summed E-state index contributed by atoms with van der Waals surface area (Å²) in [6, 6.07) is 6.26. The Bertz CT molecular complexity index is 1970. The van der Waals surface area contributed by atoms with Crippen LogP contribution in [0.1, 0.15) is 49.7 Å². The van der Waals surface area contributed by atoms with Gasteiger partial charge >= 0.3 is 12.2 Å². The molecule has 1 aliphatic carbocycles. The Balaban J connectivity index is 1.36. The van der Waals surface area contributed by atoms with Crippen LogP contribution in [0, 0.1) is 12.3 Å². The number of benzene rings is 2. The largest absolute Gasteiger partial charge is 0.481 e. The highest BCUT2D eigenvalue weighted by Crippen LogP contribution is 2.48. The van der Waals surface area contributed by atoms with Gasteiger partial charge in [-0.2, -0.15) is 28.2 Å². The van der Waals surface area contributed by atoms with Gasteiger partial charge in [0.05, 0.1) is 11.7 Å². The number of halogens is 3. The second-order valence-electron chi connectivity index (χ2n) is 14.5. The van der Waals surface area contributed by atoms with Gasteiger partial charge in [-0.25, -0.2) is 0 Å². The van der Waals surface area contributed by atoms with Gasteiger partial charge in [0.2, 0.25) is 5.91 Å². The van der Waals surface area contributed by atoms with E-state index in [2.05, 4.69) is 47.3 Å². The van der Waals surface area contributed by atoms with Crippen LogP contribution < -0.4 is 14.4 Å². The minimum atomic E-state index is -4.60. The standard InChI is InChI=1S/C38H44F3N7O3/c1-6-24-18-27-33(34(50-22-38(39,40)41)32(24)31-23(3)8-13-29-28(31)19-42-45-29)43-36(51-26-11-9-25(10-12-26)46(4)5)44-35(27)47-16-14-37(15-17-47)20-48(21-37)30(49)7-2/h6-8,13,18-19,25-26H,1-2,9-12,14-17,20-22H2,3-5H3,(H,42,45). The molecule has 1 saturated carbocycles. The topological polar surface area (TPSA) is 99.7 Å². The Labute approximate surface area is 295 Å². The van der Waals surface area contributed by atoms with Crippen molar-refractivity contribution in [1.29, 1.82) is 0 Å². The molecule has 10 nitrogen and oxygen atoms in total. The van der Waals surface area contributed by atoms with E-state index >= 15 is 0 Å². The van der Waals surface area contributed by atoms with Crippen molar-refractivity contribution in [2.75, 3.05) is 51.8 Å². The first kappa shape index (κ1) is 34.8. The van der Waals surface area contributed by atoms with Gasteiger partial charge in [0.15, 0.2) is 12.4 Å². The van der Waals surface area contributed by atoms with Crippen LogP contribution in [-0.4, -0.2) is 101 Å². The zero-order valence-corrected chi connectivity index (χ0v) is 29.4. The van der Waals surface area contributed by atoms with Gasteiger partial charge in [-0.05, 0) is 94.4 Å². The number of piperidine rings is 1. The maximum absolute atomic E-state index is 13.9. The molecule has 3 fully saturated rings. The molecule has 270 valence electrons. The van der Waals surface area contributed by atoms with Crippen molar-refractivity contribution >= 4 is 39.6 Å². The Morgan fingerprint density at radius 1 is 1.08 bits per heavy atom. The molecular formula is C38H44F3N7O3. The predicted octanol–water partition coefficient (Wildman–Crippen LogP) is 6.93. The number of anilines is 1. The number of hydrogen-bond acceptors (Lipinski definition) is 8. The first-order valence-corrected chi connectivity index (χ1v) is 17.5. The molecule has 0 atom stereocenters. The lowest BCUT2D eigenvalue weighted by Crippen LogP contribution is -2.61. The van der Waals surface area contributed by atoms with Gasteiger partial charge in [-0.3, -0.25) is 9.89 Å². The third-order valence-corrected chi connectivity index (χ3v) is 10.9. The number of alkyl halides is 3.